The highest BCUT2D eigenvalue weighted by Crippen LogP contribution is 2.16. The Morgan fingerprint density at radius 3 is 2.56 bits per heavy atom. The zero-order valence-corrected chi connectivity index (χ0v) is 11.7. The molecule has 18 heavy (non-hydrogen) atoms. The minimum absolute atomic E-state index is 0.854. The largest absolute Gasteiger partial charge is 0.465 e. The summed E-state index contributed by atoms with van der Waals surface area (Å²) >= 11 is 0. The number of hydrogen-bond acceptors (Lipinski definition) is 3. The second-order valence-electron chi connectivity index (χ2n) is 5.24. The van der Waals surface area contributed by atoms with Crippen molar-refractivity contribution in [3.05, 3.63) is 23.7 Å². The summed E-state index contributed by atoms with van der Waals surface area (Å²) in [6, 6.07) is 4.23. The summed E-state index contributed by atoms with van der Waals surface area (Å²) < 4.78 is 5.80. The predicted octanol–water partition coefficient (Wildman–Crippen LogP) is 2.66. The van der Waals surface area contributed by atoms with Gasteiger partial charge in [0.15, 0.2) is 0 Å². The lowest BCUT2D eigenvalue weighted by Gasteiger charge is -2.28. The molecular formula is C15H26N2O. The Bertz CT molecular complexity index is 342. The molecule has 1 aliphatic heterocycles. The van der Waals surface area contributed by atoms with Gasteiger partial charge in [-0.2, -0.15) is 0 Å². The van der Waals surface area contributed by atoms with E-state index < -0.39 is 0 Å². The monoisotopic (exact) mass is 250 g/mol. The zero-order chi connectivity index (χ0) is 12.8. The molecule has 0 aliphatic carbocycles. The molecule has 0 bridgehead atoms. The number of piperidine rings is 1. The van der Waals surface area contributed by atoms with Crippen molar-refractivity contribution in [3.8, 4) is 0 Å². The highest BCUT2D eigenvalue weighted by atomic mass is 16.3. The molecule has 1 aliphatic rings. The van der Waals surface area contributed by atoms with Crippen LogP contribution in [-0.2, 0) is 13.0 Å². The van der Waals surface area contributed by atoms with E-state index in [-0.39, 0.29) is 0 Å². The molecule has 0 saturated carbocycles. The van der Waals surface area contributed by atoms with E-state index in [1.165, 1.54) is 32.5 Å². The molecule has 1 aromatic heterocycles. The highest BCUT2D eigenvalue weighted by Gasteiger charge is 2.17. The molecule has 0 atom stereocenters. The molecule has 0 unspecified atom stereocenters. The van der Waals surface area contributed by atoms with Gasteiger partial charge in [0, 0.05) is 13.0 Å². The first kappa shape index (κ1) is 13.6. The second-order valence-corrected chi connectivity index (χ2v) is 5.24. The van der Waals surface area contributed by atoms with Gasteiger partial charge in [-0.05, 0) is 50.5 Å². The van der Waals surface area contributed by atoms with Gasteiger partial charge in [-0.3, -0.25) is 4.90 Å². The van der Waals surface area contributed by atoms with Gasteiger partial charge in [0.1, 0.15) is 11.5 Å². The molecule has 1 saturated heterocycles. The molecule has 0 amide bonds. The van der Waals surface area contributed by atoms with Crippen molar-refractivity contribution in [1.29, 1.82) is 0 Å². The van der Waals surface area contributed by atoms with Crippen LogP contribution in [-0.4, -0.2) is 31.1 Å². The summed E-state index contributed by atoms with van der Waals surface area (Å²) in [7, 11) is 0. The number of rotatable bonds is 6. The molecule has 102 valence electrons. The number of nitrogens with one attached hydrogen (secondary N) is 1. The van der Waals surface area contributed by atoms with Gasteiger partial charge in [0.05, 0.1) is 6.54 Å². The molecule has 1 N–H and O–H groups in total. The van der Waals surface area contributed by atoms with E-state index in [0.717, 1.165) is 36.9 Å². The second kappa shape index (κ2) is 6.95. The first-order valence-electron chi connectivity index (χ1n) is 7.32. The van der Waals surface area contributed by atoms with Crippen molar-refractivity contribution in [2.75, 3.05) is 26.2 Å². The van der Waals surface area contributed by atoms with E-state index in [1.54, 1.807) is 0 Å². The van der Waals surface area contributed by atoms with Crippen LogP contribution in [0.1, 0.15) is 38.2 Å². The van der Waals surface area contributed by atoms with Gasteiger partial charge in [-0.1, -0.05) is 13.8 Å². The molecule has 0 spiro atoms. The Morgan fingerprint density at radius 2 is 1.94 bits per heavy atom. The first-order valence-corrected chi connectivity index (χ1v) is 7.32. The average Bonchev–Trinajstić information content (AvgIpc) is 2.87. The first-order chi connectivity index (χ1) is 8.81. The zero-order valence-electron chi connectivity index (χ0n) is 11.7. The number of aryl methyl sites for hydroxylation is 1. The van der Waals surface area contributed by atoms with E-state index in [1.807, 2.05) is 0 Å². The Morgan fingerprint density at radius 1 is 1.22 bits per heavy atom. The van der Waals surface area contributed by atoms with Gasteiger partial charge in [-0.25, -0.2) is 0 Å². The standard InChI is InChI=1S/C15H26N2O/c1-3-14-5-6-15(18-14)12-17(4-2)11-13-7-9-16-10-8-13/h5-6,13,16H,3-4,7-12H2,1-2H3. The summed E-state index contributed by atoms with van der Waals surface area (Å²) in [5.41, 5.74) is 0. The summed E-state index contributed by atoms with van der Waals surface area (Å²) in [6.07, 6.45) is 3.62. The van der Waals surface area contributed by atoms with Crippen molar-refractivity contribution in [3.63, 3.8) is 0 Å². The third-order valence-electron chi connectivity index (χ3n) is 3.87. The predicted molar refractivity (Wildman–Crippen MR) is 74.6 cm³/mol. The Kier molecular flexibility index (Phi) is 5.26. The topological polar surface area (TPSA) is 28.4 Å². The fourth-order valence-corrected chi connectivity index (χ4v) is 2.65. The van der Waals surface area contributed by atoms with Gasteiger partial charge in [-0.15, -0.1) is 0 Å². The third-order valence-corrected chi connectivity index (χ3v) is 3.87. The molecule has 0 radical (unpaired) electrons. The molecule has 2 heterocycles. The highest BCUT2D eigenvalue weighted by molar-refractivity contribution is 5.06. The quantitative estimate of drug-likeness (QED) is 0.841. The molecule has 0 aromatic carbocycles. The van der Waals surface area contributed by atoms with Crippen LogP contribution in [0.5, 0.6) is 0 Å². The Balaban J connectivity index is 1.84. The number of hydrogen-bond donors (Lipinski definition) is 1. The SMILES string of the molecule is CCc1ccc(CN(CC)CC2CCNCC2)o1. The average molecular weight is 250 g/mol. The van der Waals surface area contributed by atoms with Crippen LogP contribution in [0.2, 0.25) is 0 Å². The maximum atomic E-state index is 5.80. The van der Waals surface area contributed by atoms with Crippen LogP contribution in [0, 0.1) is 5.92 Å². The van der Waals surface area contributed by atoms with Crippen LogP contribution < -0.4 is 5.32 Å². The van der Waals surface area contributed by atoms with Crippen molar-refractivity contribution in [1.82, 2.24) is 10.2 Å². The van der Waals surface area contributed by atoms with Crippen LogP contribution in [0.4, 0.5) is 0 Å². The van der Waals surface area contributed by atoms with Gasteiger partial charge >= 0.3 is 0 Å². The molecule has 3 heteroatoms. The lowest BCUT2D eigenvalue weighted by atomic mass is 9.97. The van der Waals surface area contributed by atoms with Crippen molar-refractivity contribution < 1.29 is 4.42 Å². The Hall–Kier alpha value is -0.800. The van der Waals surface area contributed by atoms with E-state index in [4.69, 9.17) is 4.42 Å². The normalized spacial score (nSPS) is 17.5. The summed E-state index contributed by atoms with van der Waals surface area (Å²) in [6.45, 7) is 10.0. The maximum Gasteiger partial charge on any atom is 0.118 e. The fraction of sp³-hybridized carbons (Fsp3) is 0.733. The van der Waals surface area contributed by atoms with E-state index in [0.29, 0.717) is 0 Å². The summed E-state index contributed by atoms with van der Waals surface area (Å²) in [5.74, 6) is 3.07. The molecule has 3 nitrogen and oxygen atoms in total. The molecule has 2 rings (SSSR count). The minimum Gasteiger partial charge on any atom is -0.465 e. The van der Waals surface area contributed by atoms with Crippen LogP contribution >= 0.6 is 0 Å². The van der Waals surface area contributed by atoms with Gasteiger partial charge in [0.25, 0.3) is 0 Å². The maximum absolute atomic E-state index is 5.80. The van der Waals surface area contributed by atoms with E-state index in [2.05, 4.69) is 36.2 Å². The minimum atomic E-state index is 0.854. The van der Waals surface area contributed by atoms with Crippen LogP contribution in [0.25, 0.3) is 0 Å². The van der Waals surface area contributed by atoms with Crippen molar-refractivity contribution in [2.24, 2.45) is 5.92 Å². The van der Waals surface area contributed by atoms with E-state index in [9.17, 15) is 0 Å². The van der Waals surface area contributed by atoms with Crippen molar-refractivity contribution >= 4 is 0 Å². The lowest BCUT2D eigenvalue weighted by molar-refractivity contribution is 0.193. The van der Waals surface area contributed by atoms with Crippen LogP contribution in [0.3, 0.4) is 0 Å². The summed E-state index contributed by atoms with van der Waals surface area (Å²) in [5, 5.41) is 3.43. The number of furan rings is 1. The van der Waals surface area contributed by atoms with E-state index >= 15 is 0 Å². The number of nitrogens with zero attached hydrogens (tertiary/aromatic N) is 1. The molecule has 1 fully saturated rings. The van der Waals surface area contributed by atoms with Crippen molar-refractivity contribution in [2.45, 2.75) is 39.7 Å². The fourth-order valence-electron chi connectivity index (χ4n) is 2.65. The molecular weight excluding hydrogens is 224 g/mol. The van der Waals surface area contributed by atoms with Gasteiger partial charge in [0.2, 0.25) is 0 Å². The smallest absolute Gasteiger partial charge is 0.118 e. The lowest BCUT2D eigenvalue weighted by Crippen LogP contribution is -2.35. The third kappa shape index (κ3) is 3.85. The molecule has 1 aromatic rings. The van der Waals surface area contributed by atoms with Crippen LogP contribution in [0.15, 0.2) is 16.5 Å². The summed E-state index contributed by atoms with van der Waals surface area (Å²) in [4.78, 5) is 2.51. The Labute approximate surface area is 111 Å². The van der Waals surface area contributed by atoms with Gasteiger partial charge < -0.3 is 9.73 Å².